The fourth-order valence-corrected chi connectivity index (χ4v) is 1.86. The summed E-state index contributed by atoms with van der Waals surface area (Å²) in [4.78, 5) is 0. The zero-order valence-corrected chi connectivity index (χ0v) is 7.22. The van der Waals surface area contributed by atoms with Gasteiger partial charge < -0.3 is 0 Å². The lowest BCUT2D eigenvalue weighted by molar-refractivity contribution is 0.0573. The van der Waals surface area contributed by atoms with Gasteiger partial charge in [0.1, 0.15) is 0 Å². The minimum atomic E-state index is 0.716. The lowest BCUT2D eigenvalue weighted by atomic mass is 10.00. The number of hydrogen-bond acceptors (Lipinski definition) is 2. The molecule has 0 spiro atoms. The van der Waals surface area contributed by atoms with Gasteiger partial charge >= 0.3 is 0 Å². The Bertz CT molecular complexity index is 93.4. The van der Waals surface area contributed by atoms with Crippen molar-refractivity contribution >= 4 is 0 Å². The average molecular weight is 142 g/mol. The van der Waals surface area contributed by atoms with Crippen molar-refractivity contribution in [2.45, 2.75) is 45.2 Å². The van der Waals surface area contributed by atoms with Gasteiger partial charge in [-0.2, -0.15) is 0 Å². The van der Waals surface area contributed by atoms with Gasteiger partial charge in [-0.25, -0.2) is 5.01 Å². The highest BCUT2D eigenvalue weighted by molar-refractivity contribution is 4.75. The Balaban J connectivity index is 2.45. The molecule has 0 aromatic rings. The van der Waals surface area contributed by atoms with E-state index in [2.05, 4.69) is 24.3 Å². The summed E-state index contributed by atoms with van der Waals surface area (Å²) in [5, 5.41) is 2.35. The first-order chi connectivity index (χ1) is 4.75. The first-order valence-corrected chi connectivity index (χ1v) is 4.21. The topological polar surface area (TPSA) is 15.3 Å². The molecule has 1 fully saturated rings. The summed E-state index contributed by atoms with van der Waals surface area (Å²) >= 11 is 0. The minimum absolute atomic E-state index is 0.716. The monoisotopic (exact) mass is 142 g/mol. The Hall–Kier alpha value is -0.0800. The van der Waals surface area contributed by atoms with E-state index in [1.54, 1.807) is 0 Å². The molecule has 1 aliphatic heterocycles. The van der Waals surface area contributed by atoms with Crippen molar-refractivity contribution in [3.8, 4) is 0 Å². The summed E-state index contributed by atoms with van der Waals surface area (Å²) in [5.74, 6) is 0. The quantitative estimate of drug-likeness (QED) is 0.595. The Morgan fingerprint density at radius 1 is 1.20 bits per heavy atom. The lowest BCUT2D eigenvalue weighted by Crippen LogP contribution is -2.50. The van der Waals surface area contributed by atoms with Crippen LogP contribution in [0.3, 0.4) is 0 Å². The number of rotatable bonds is 1. The van der Waals surface area contributed by atoms with Gasteiger partial charge in [0.05, 0.1) is 0 Å². The SMILES string of the molecule is CNN1C(C)CCCC1C. The van der Waals surface area contributed by atoms with Crippen LogP contribution in [-0.2, 0) is 0 Å². The largest absolute Gasteiger partial charge is 0.258 e. The highest BCUT2D eigenvalue weighted by Gasteiger charge is 2.22. The molecule has 2 atom stereocenters. The van der Waals surface area contributed by atoms with Crippen LogP contribution in [0.15, 0.2) is 0 Å². The van der Waals surface area contributed by atoms with Crippen molar-refractivity contribution in [3.63, 3.8) is 0 Å². The van der Waals surface area contributed by atoms with Crippen molar-refractivity contribution in [2.75, 3.05) is 7.05 Å². The third-order valence-electron chi connectivity index (χ3n) is 2.45. The van der Waals surface area contributed by atoms with Crippen molar-refractivity contribution in [3.05, 3.63) is 0 Å². The molecule has 2 nitrogen and oxygen atoms in total. The van der Waals surface area contributed by atoms with Crippen molar-refractivity contribution in [2.24, 2.45) is 0 Å². The van der Waals surface area contributed by atoms with Crippen LogP contribution >= 0.6 is 0 Å². The molecule has 1 N–H and O–H groups in total. The molecular formula is C8H18N2. The van der Waals surface area contributed by atoms with Gasteiger partial charge in [0.15, 0.2) is 0 Å². The summed E-state index contributed by atoms with van der Waals surface area (Å²) in [6, 6.07) is 1.43. The minimum Gasteiger partial charge on any atom is -0.258 e. The van der Waals surface area contributed by atoms with Crippen LogP contribution < -0.4 is 5.43 Å². The van der Waals surface area contributed by atoms with E-state index in [0.29, 0.717) is 12.1 Å². The molecule has 0 radical (unpaired) electrons. The maximum Gasteiger partial charge on any atom is 0.0218 e. The molecule has 1 saturated heterocycles. The summed E-state index contributed by atoms with van der Waals surface area (Å²) in [6.07, 6.45) is 4.07. The molecule has 1 aliphatic rings. The lowest BCUT2D eigenvalue weighted by Gasteiger charge is -2.37. The predicted molar refractivity (Wildman–Crippen MR) is 43.7 cm³/mol. The van der Waals surface area contributed by atoms with Crippen LogP contribution in [0.1, 0.15) is 33.1 Å². The van der Waals surface area contributed by atoms with Gasteiger partial charge in [-0.05, 0) is 33.7 Å². The summed E-state index contributed by atoms with van der Waals surface area (Å²) in [5.41, 5.74) is 3.24. The van der Waals surface area contributed by atoms with E-state index in [9.17, 15) is 0 Å². The van der Waals surface area contributed by atoms with E-state index in [4.69, 9.17) is 0 Å². The Labute approximate surface area is 63.6 Å². The molecule has 10 heavy (non-hydrogen) atoms. The smallest absolute Gasteiger partial charge is 0.0218 e. The maximum absolute atomic E-state index is 3.24. The molecule has 0 bridgehead atoms. The van der Waals surface area contributed by atoms with E-state index in [-0.39, 0.29) is 0 Å². The number of hydrogen-bond donors (Lipinski definition) is 1. The fraction of sp³-hybridized carbons (Fsp3) is 1.00. The van der Waals surface area contributed by atoms with Gasteiger partial charge in [0.2, 0.25) is 0 Å². The molecule has 0 aliphatic carbocycles. The second-order valence-corrected chi connectivity index (χ2v) is 3.26. The zero-order chi connectivity index (χ0) is 7.56. The molecule has 60 valence electrons. The average Bonchev–Trinajstić information content (AvgIpc) is 1.88. The van der Waals surface area contributed by atoms with E-state index < -0.39 is 0 Å². The molecule has 0 aromatic heterocycles. The number of piperidine rings is 1. The molecule has 2 heteroatoms. The van der Waals surface area contributed by atoms with Gasteiger partial charge in [0, 0.05) is 12.1 Å². The molecule has 0 amide bonds. The molecular weight excluding hydrogens is 124 g/mol. The maximum atomic E-state index is 3.24. The predicted octanol–water partition coefficient (Wildman–Crippen LogP) is 1.38. The standard InChI is InChI=1S/C8H18N2/c1-7-5-4-6-8(2)10(7)9-3/h7-9H,4-6H2,1-3H3. The molecule has 1 heterocycles. The Morgan fingerprint density at radius 3 is 2.00 bits per heavy atom. The third kappa shape index (κ3) is 1.50. The molecule has 0 aromatic carbocycles. The van der Waals surface area contributed by atoms with E-state index >= 15 is 0 Å². The molecule has 2 unspecified atom stereocenters. The van der Waals surface area contributed by atoms with Crippen LogP contribution in [0, 0.1) is 0 Å². The second-order valence-electron chi connectivity index (χ2n) is 3.26. The van der Waals surface area contributed by atoms with Crippen LogP contribution in [0.5, 0.6) is 0 Å². The van der Waals surface area contributed by atoms with Crippen molar-refractivity contribution in [1.82, 2.24) is 10.4 Å². The van der Waals surface area contributed by atoms with Gasteiger partial charge in [-0.15, -0.1) is 0 Å². The van der Waals surface area contributed by atoms with E-state index in [1.165, 1.54) is 19.3 Å². The third-order valence-corrected chi connectivity index (χ3v) is 2.45. The Kier molecular flexibility index (Phi) is 2.69. The highest BCUT2D eigenvalue weighted by atomic mass is 15.5. The van der Waals surface area contributed by atoms with Gasteiger partial charge in [-0.1, -0.05) is 6.42 Å². The zero-order valence-electron chi connectivity index (χ0n) is 7.22. The van der Waals surface area contributed by atoms with E-state index in [1.807, 2.05) is 7.05 Å². The summed E-state index contributed by atoms with van der Waals surface area (Å²) in [6.45, 7) is 4.57. The fourth-order valence-electron chi connectivity index (χ4n) is 1.86. The van der Waals surface area contributed by atoms with Crippen LogP contribution in [0.4, 0.5) is 0 Å². The van der Waals surface area contributed by atoms with Gasteiger partial charge in [0.25, 0.3) is 0 Å². The second kappa shape index (κ2) is 3.35. The van der Waals surface area contributed by atoms with Gasteiger partial charge in [-0.3, -0.25) is 5.43 Å². The highest BCUT2D eigenvalue weighted by Crippen LogP contribution is 2.19. The molecule has 1 rings (SSSR count). The molecule has 0 saturated carbocycles. The number of nitrogens with zero attached hydrogens (tertiary/aromatic N) is 1. The first-order valence-electron chi connectivity index (χ1n) is 4.21. The van der Waals surface area contributed by atoms with Crippen LogP contribution in [0.2, 0.25) is 0 Å². The van der Waals surface area contributed by atoms with Crippen LogP contribution in [0.25, 0.3) is 0 Å². The first kappa shape index (κ1) is 8.02. The van der Waals surface area contributed by atoms with Crippen LogP contribution in [-0.4, -0.2) is 24.1 Å². The number of nitrogens with one attached hydrogen (secondary N) is 1. The van der Waals surface area contributed by atoms with Crippen molar-refractivity contribution in [1.29, 1.82) is 0 Å². The summed E-state index contributed by atoms with van der Waals surface area (Å²) < 4.78 is 0. The van der Waals surface area contributed by atoms with Crippen molar-refractivity contribution < 1.29 is 0 Å². The Morgan fingerprint density at radius 2 is 1.70 bits per heavy atom. The normalized spacial score (nSPS) is 36.3. The summed E-state index contributed by atoms with van der Waals surface area (Å²) in [7, 11) is 2.01. The number of hydrazine groups is 1. The van der Waals surface area contributed by atoms with E-state index in [0.717, 1.165) is 0 Å².